The number of hydrogen-bond donors (Lipinski definition) is 0. The van der Waals surface area contributed by atoms with Crippen molar-refractivity contribution in [3.63, 3.8) is 0 Å². The zero-order valence-corrected chi connectivity index (χ0v) is 16.3. The smallest absolute Gasteiger partial charge is 0.336 e. The summed E-state index contributed by atoms with van der Waals surface area (Å²) in [5.41, 5.74) is 2.08. The molecule has 0 radical (unpaired) electrons. The molecule has 0 N–H and O–H groups in total. The van der Waals surface area contributed by atoms with Gasteiger partial charge in [-0.2, -0.15) is 0 Å². The number of esters is 1. The van der Waals surface area contributed by atoms with Crippen molar-refractivity contribution in [3.05, 3.63) is 11.6 Å². The summed E-state index contributed by atoms with van der Waals surface area (Å²) in [6.45, 7) is 10.6. The Hall–Kier alpha value is -1.36. The van der Waals surface area contributed by atoms with E-state index in [0.717, 1.165) is 37.7 Å². The second-order valence-corrected chi connectivity index (χ2v) is 9.86. The van der Waals surface area contributed by atoms with Crippen molar-refractivity contribution in [2.24, 2.45) is 27.3 Å². The summed E-state index contributed by atoms with van der Waals surface area (Å²) in [4.78, 5) is 17.7. The maximum absolute atomic E-state index is 12.1. The Morgan fingerprint density at radius 3 is 2.69 bits per heavy atom. The third-order valence-corrected chi connectivity index (χ3v) is 9.11. The molecule has 0 aromatic carbocycles. The first-order chi connectivity index (χ1) is 12.2. The lowest BCUT2D eigenvalue weighted by Crippen LogP contribution is -2.65. The summed E-state index contributed by atoms with van der Waals surface area (Å²) in [5, 5.41) is 4.40. The lowest BCUT2D eigenvalue weighted by Gasteiger charge is -2.66. The molecule has 6 atom stereocenters. The molecule has 5 rings (SSSR count). The molecule has 3 fully saturated rings. The van der Waals surface area contributed by atoms with Gasteiger partial charge in [0, 0.05) is 0 Å². The molecule has 2 aliphatic carbocycles. The maximum atomic E-state index is 12.1. The molecule has 5 nitrogen and oxygen atoms in total. The Bertz CT molecular complexity index is 744. The van der Waals surface area contributed by atoms with Crippen molar-refractivity contribution in [3.8, 4) is 0 Å². The van der Waals surface area contributed by atoms with Crippen LogP contribution >= 0.6 is 0 Å². The molecule has 0 aromatic heterocycles. The van der Waals surface area contributed by atoms with Gasteiger partial charge in [-0.1, -0.05) is 25.9 Å². The van der Waals surface area contributed by atoms with Crippen LogP contribution in [-0.2, 0) is 19.1 Å². The zero-order valence-electron chi connectivity index (χ0n) is 16.3. The van der Waals surface area contributed by atoms with Gasteiger partial charge < -0.3 is 14.3 Å². The Balaban J connectivity index is 1.54. The SMILES string of the molecule is C[C@]12CC[C@@]3(C)O[C@H](C4=CCOC4=O)C[C@H]3[C@]1(C)CCC1=NOC[C@]12C. The van der Waals surface area contributed by atoms with Crippen LogP contribution in [0.3, 0.4) is 0 Å². The van der Waals surface area contributed by atoms with Crippen LogP contribution in [0.15, 0.2) is 16.8 Å². The summed E-state index contributed by atoms with van der Waals surface area (Å²) in [6.07, 6.45) is 6.93. The number of cyclic esters (lactones) is 1. The molecule has 142 valence electrons. The van der Waals surface area contributed by atoms with E-state index >= 15 is 0 Å². The van der Waals surface area contributed by atoms with Crippen LogP contribution in [0.1, 0.15) is 59.8 Å². The first kappa shape index (κ1) is 16.8. The molecule has 0 unspecified atom stereocenters. The minimum absolute atomic E-state index is 0.00493. The fraction of sp³-hybridized carbons (Fsp3) is 0.810. The highest BCUT2D eigenvalue weighted by Gasteiger charge is 2.71. The lowest BCUT2D eigenvalue weighted by molar-refractivity contribution is -0.184. The van der Waals surface area contributed by atoms with Crippen LogP contribution in [0.5, 0.6) is 0 Å². The molecule has 1 saturated heterocycles. The largest absolute Gasteiger partial charge is 0.458 e. The van der Waals surface area contributed by atoms with Crippen LogP contribution in [0.2, 0.25) is 0 Å². The number of rotatable bonds is 1. The van der Waals surface area contributed by atoms with Crippen LogP contribution in [0.4, 0.5) is 0 Å². The number of nitrogens with zero attached hydrogens (tertiary/aromatic N) is 1. The highest BCUT2D eigenvalue weighted by molar-refractivity contribution is 5.93. The van der Waals surface area contributed by atoms with Crippen LogP contribution in [-0.4, -0.2) is 36.6 Å². The molecule has 0 aromatic rings. The first-order valence-corrected chi connectivity index (χ1v) is 9.98. The standard InChI is InChI=1S/C21H29NO4/c1-18-7-5-16-19(2,12-25-22-16)21(18,4)9-8-20(3)15(18)11-14(26-20)13-6-10-24-17(13)23/h6,14-15H,5,7-12H2,1-4H3/t14-,15-,18-,19+,20+,21-/m0/s1. The van der Waals surface area contributed by atoms with E-state index in [2.05, 4.69) is 32.9 Å². The van der Waals surface area contributed by atoms with E-state index in [-0.39, 0.29) is 33.9 Å². The van der Waals surface area contributed by atoms with Crippen LogP contribution in [0.25, 0.3) is 0 Å². The van der Waals surface area contributed by atoms with E-state index in [0.29, 0.717) is 19.1 Å². The fourth-order valence-electron chi connectivity index (χ4n) is 7.04. The van der Waals surface area contributed by atoms with E-state index in [1.54, 1.807) is 0 Å². The highest BCUT2D eigenvalue weighted by Crippen LogP contribution is 2.72. The molecular weight excluding hydrogens is 330 g/mol. The molecule has 26 heavy (non-hydrogen) atoms. The second kappa shape index (κ2) is 4.92. The average Bonchev–Trinajstić information content (AvgIpc) is 3.27. The molecule has 0 amide bonds. The predicted molar refractivity (Wildman–Crippen MR) is 96.6 cm³/mol. The van der Waals surface area contributed by atoms with Crippen molar-refractivity contribution in [1.29, 1.82) is 0 Å². The predicted octanol–water partition coefficient (Wildman–Crippen LogP) is 3.63. The molecule has 2 saturated carbocycles. The quantitative estimate of drug-likeness (QED) is 0.671. The van der Waals surface area contributed by atoms with E-state index < -0.39 is 0 Å². The fourth-order valence-corrected chi connectivity index (χ4v) is 7.04. The zero-order chi connectivity index (χ0) is 18.4. The Labute approximate surface area is 155 Å². The molecule has 5 aliphatic rings. The molecule has 0 bridgehead atoms. The van der Waals surface area contributed by atoms with Crippen LogP contribution in [0, 0.1) is 22.2 Å². The molecule has 0 spiro atoms. The Morgan fingerprint density at radius 1 is 1.15 bits per heavy atom. The van der Waals surface area contributed by atoms with Gasteiger partial charge in [-0.25, -0.2) is 4.79 Å². The first-order valence-electron chi connectivity index (χ1n) is 9.98. The molecular formula is C21H29NO4. The van der Waals surface area contributed by atoms with Gasteiger partial charge in [-0.15, -0.1) is 0 Å². The minimum Gasteiger partial charge on any atom is -0.458 e. The van der Waals surface area contributed by atoms with Gasteiger partial charge in [0.1, 0.15) is 13.2 Å². The van der Waals surface area contributed by atoms with Crippen molar-refractivity contribution in [2.45, 2.75) is 71.5 Å². The van der Waals surface area contributed by atoms with Gasteiger partial charge >= 0.3 is 5.97 Å². The van der Waals surface area contributed by atoms with Gasteiger partial charge in [-0.05, 0) is 61.9 Å². The van der Waals surface area contributed by atoms with Gasteiger partial charge in [0.05, 0.1) is 28.4 Å². The van der Waals surface area contributed by atoms with Gasteiger partial charge in [-0.3, -0.25) is 0 Å². The van der Waals surface area contributed by atoms with Crippen molar-refractivity contribution < 1.29 is 19.1 Å². The summed E-state index contributed by atoms with van der Waals surface area (Å²) in [6, 6.07) is 0. The highest BCUT2D eigenvalue weighted by atomic mass is 16.6. The maximum Gasteiger partial charge on any atom is 0.336 e. The van der Waals surface area contributed by atoms with E-state index in [9.17, 15) is 4.79 Å². The summed E-state index contributed by atoms with van der Waals surface area (Å²) in [5.74, 6) is 0.228. The van der Waals surface area contributed by atoms with Crippen molar-refractivity contribution in [2.75, 3.05) is 13.2 Å². The normalized spacial score (nSPS) is 52.4. The van der Waals surface area contributed by atoms with Gasteiger partial charge in [0.2, 0.25) is 0 Å². The lowest BCUT2D eigenvalue weighted by atomic mass is 9.38. The number of carbonyl (C=O) groups excluding carboxylic acids is 1. The summed E-state index contributed by atoms with van der Waals surface area (Å²) >= 11 is 0. The minimum atomic E-state index is -0.195. The van der Waals surface area contributed by atoms with E-state index in [1.165, 1.54) is 5.71 Å². The number of hydrogen-bond acceptors (Lipinski definition) is 5. The topological polar surface area (TPSA) is 57.1 Å². The monoisotopic (exact) mass is 359 g/mol. The summed E-state index contributed by atoms with van der Waals surface area (Å²) in [7, 11) is 0. The van der Waals surface area contributed by atoms with Crippen LogP contribution < -0.4 is 0 Å². The number of ether oxygens (including phenoxy) is 2. The third kappa shape index (κ3) is 1.76. The average molecular weight is 359 g/mol. The molecule has 3 heterocycles. The molecule has 3 aliphatic heterocycles. The van der Waals surface area contributed by atoms with Gasteiger partial charge in [0.15, 0.2) is 0 Å². The van der Waals surface area contributed by atoms with Crippen molar-refractivity contribution >= 4 is 11.7 Å². The van der Waals surface area contributed by atoms with Crippen molar-refractivity contribution in [1.82, 2.24) is 0 Å². The van der Waals surface area contributed by atoms with E-state index in [4.69, 9.17) is 14.3 Å². The number of carbonyl (C=O) groups is 1. The Morgan fingerprint density at radius 2 is 1.96 bits per heavy atom. The molecule has 5 heteroatoms. The summed E-state index contributed by atoms with van der Waals surface area (Å²) < 4.78 is 11.7. The second-order valence-electron chi connectivity index (χ2n) is 9.86. The van der Waals surface area contributed by atoms with E-state index in [1.807, 2.05) is 6.08 Å². The number of fused-ring (bicyclic) bond motifs is 5. The Kier molecular flexibility index (Phi) is 3.18. The number of oxime groups is 1. The van der Waals surface area contributed by atoms with Gasteiger partial charge in [0.25, 0.3) is 0 Å². The third-order valence-electron chi connectivity index (χ3n) is 9.11.